The van der Waals surface area contributed by atoms with Crippen LogP contribution in [0.5, 0.6) is 10.8 Å². The molecule has 0 bridgehead atoms. The van der Waals surface area contributed by atoms with Gasteiger partial charge >= 0.3 is 0 Å². The molecule has 0 aliphatic carbocycles. The van der Waals surface area contributed by atoms with Gasteiger partial charge in [0.2, 0.25) is 11.0 Å². The molecular weight excluding hydrogens is 262 g/mol. The zero-order valence-electron chi connectivity index (χ0n) is 10.5. The molecule has 0 atom stereocenters. The second-order valence-corrected chi connectivity index (χ2v) is 5.41. The number of anilines is 2. The second-order valence-electron chi connectivity index (χ2n) is 4.39. The minimum absolute atomic E-state index is 0.487. The van der Waals surface area contributed by atoms with Crippen LogP contribution in [0.3, 0.4) is 0 Å². The summed E-state index contributed by atoms with van der Waals surface area (Å²) < 4.78 is 5.57. The van der Waals surface area contributed by atoms with Crippen LogP contribution in [-0.4, -0.2) is 28.0 Å². The summed E-state index contributed by atoms with van der Waals surface area (Å²) in [7, 11) is 0. The van der Waals surface area contributed by atoms with Crippen molar-refractivity contribution in [3.63, 3.8) is 0 Å². The van der Waals surface area contributed by atoms with E-state index in [-0.39, 0.29) is 0 Å². The Morgan fingerprint density at radius 2 is 1.79 bits per heavy atom. The Labute approximate surface area is 115 Å². The number of nitrogens with two attached hydrogens (primary N) is 1. The average molecular weight is 277 g/mol. The zero-order chi connectivity index (χ0) is 13.1. The van der Waals surface area contributed by atoms with Crippen LogP contribution in [0.2, 0.25) is 0 Å². The maximum atomic E-state index is 5.57. The number of piperidine rings is 1. The van der Waals surface area contributed by atoms with Crippen molar-refractivity contribution in [2.24, 2.45) is 0 Å². The maximum Gasteiger partial charge on any atom is 0.225 e. The molecule has 0 amide bonds. The van der Waals surface area contributed by atoms with Crippen LogP contribution in [-0.2, 0) is 0 Å². The second kappa shape index (κ2) is 5.40. The van der Waals surface area contributed by atoms with Crippen molar-refractivity contribution in [1.82, 2.24) is 15.0 Å². The van der Waals surface area contributed by atoms with Gasteiger partial charge in [-0.1, -0.05) is 11.3 Å². The van der Waals surface area contributed by atoms with Crippen LogP contribution in [0.4, 0.5) is 11.1 Å². The molecule has 1 aliphatic heterocycles. The molecular formula is C12H15N5OS. The minimum atomic E-state index is 0.487. The van der Waals surface area contributed by atoms with E-state index in [1.165, 1.54) is 30.6 Å². The molecule has 3 heterocycles. The Morgan fingerprint density at radius 1 is 1.05 bits per heavy atom. The predicted molar refractivity (Wildman–Crippen MR) is 74.7 cm³/mol. The molecule has 6 nitrogen and oxygen atoms in total. The van der Waals surface area contributed by atoms with E-state index >= 15 is 0 Å². The van der Waals surface area contributed by atoms with Gasteiger partial charge in [-0.05, 0) is 19.3 Å². The van der Waals surface area contributed by atoms with Crippen LogP contribution >= 0.6 is 11.3 Å². The van der Waals surface area contributed by atoms with Gasteiger partial charge in [0.25, 0.3) is 0 Å². The Kier molecular flexibility index (Phi) is 3.45. The van der Waals surface area contributed by atoms with E-state index in [1.54, 1.807) is 18.6 Å². The molecule has 19 heavy (non-hydrogen) atoms. The van der Waals surface area contributed by atoms with Crippen molar-refractivity contribution in [2.45, 2.75) is 19.3 Å². The summed E-state index contributed by atoms with van der Waals surface area (Å²) >= 11 is 1.29. The molecule has 0 spiro atoms. The van der Waals surface area contributed by atoms with Crippen molar-refractivity contribution in [1.29, 1.82) is 0 Å². The summed E-state index contributed by atoms with van der Waals surface area (Å²) in [6.45, 7) is 2.07. The molecule has 0 radical (unpaired) electrons. The highest BCUT2D eigenvalue weighted by Gasteiger charge is 2.13. The highest BCUT2D eigenvalue weighted by molar-refractivity contribution is 7.17. The van der Waals surface area contributed by atoms with Gasteiger partial charge in [-0.3, -0.25) is 0 Å². The number of thiazole rings is 1. The average Bonchev–Trinajstić information content (AvgIpc) is 2.86. The summed E-state index contributed by atoms with van der Waals surface area (Å²) in [5.74, 6) is 1.38. The van der Waals surface area contributed by atoms with Gasteiger partial charge in [-0.25, -0.2) is 15.0 Å². The molecule has 1 aliphatic rings. The van der Waals surface area contributed by atoms with Gasteiger partial charge in [0.15, 0.2) is 10.9 Å². The van der Waals surface area contributed by atoms with Gasteiger partial charge in [0.1, 0.15) is 0 Å². The van der Waals surface area contributed by atoms with Crippen molar-refractivity contribution in [3.8, 4) is 10.8 Å². The van der Waals surface area contributed by atoms with E-state index in [4.69, 9.17) is 10.5 Å². The largest absolute Gasteiger partial charge is 0.442 e. The highest BCUT2D eigenvalue weighted by Crippen LogP contribution is 2.28. The molecule has 0 unspecified atom stereocenters. The number of aromatic nitrogens is 3. The molecule has 2 N–H and O–H groups in total. The molecule has 100 valence electrons. The third-order valence-electron chi connectivity index (χ3n) is 2.97. The molecule has 1 fully saturated rings. The number of ether oxygens (including phenoxy) is 1. The fourth-order valence-corrected chi connectivity index (χ4v) is 2.61. The number of nitrogen functional groups attached to an aromatic ring is 1. The SMILES string of the molecule is Nc1ncc(Oc2cnc(N3CCCCC3)nc2)s1. The minimum Gasteiger partial charge on any atom is -0.442 e. The van der Waals surface area contributed by atoms with Crippen LogP contribution in [0.15, 0.2) is 18.6 Å². The Balaban J connectivity index is 1.68. The molecule has 7 heteroatoms. The van der Waals surface area contributed by atoms with Crippen LogP contribution in [0, 0.1) is 0 Å². The molecule has 2 aromatic heterocycles. The number of nitrogens with zero attached hydrogens (tertiary/aromatic N) is 4. The van der Waals surface area contributed by atoms with E-state index in [9.17, 15) is 0 Å². The van der Waals surface area contributed by atoms with Gasteiger partial charge in [-0.15, -0.1) is 0 Å². The Morgan fingerprint density at radius 3 is 2.42 bits per heavy atom. The van der Waals surface area contributed by atoms with Crippen molar-refractivity contribution >= 4 is 22.4 Å². The zero-order valence-corrected chi connectivity index (χ0v) is 11.3. The van der Waals surface area contributed by atoms with E-state index in [0.717, 1.165) is 19.0 Å². The summed E-state index contributed by atoms with van der Waals surface area (Å²) in [5, 5.41) is 1.13. The summed E-state index contributed by atoms with van der Waals surface area (Å²) in [6.07, 6.45) is 8.69. The van der Waals surface area contributed by atoms with Gasteiger partial charge in [0, 0.05) is 13.1 Å². The van der Waals surface area contributed by atoms with E-state index in [0.29, 0.717) is 15.9 Å². The van der Waals surface area contributed by atoms with E-state index in [2.05, 4.69) is 19.9 Å². The Bertz CT molecular complexity index is 535. The first-order valence-corrected chi connectivity index (χ1v) is 7.09. The third-order valence-corrected chi connectivity index (χ3v) is 3.68. The van der Waals surface area contributed by atoms with E-state index < -0.39 is 0 Å². The van der Waals surface area contributed by atoms with Crippen LogP contribution < -0.4 is 15.4 Å². The first-order chi connectivity index (χ1) is 9.31. The summed E-state index contributed by atoms with van der Waals surface area (Å²) in [4.78, 5) is 14.8. The van der Waals surface area contributed by atoms with Gasteiger partial charge < -0.3 is 15.4 Å². The number of hydrogen-bond acceptors (Lipinski definition) is 7. The standard InChI is InChI=1S/C12H15N5OS/c13-11-14-8-10(19-11)18-9-6-15-12(16-7-9)17-4-2-1-3-5-17/h6-8H,1-5H2,(H2,13,14). The maximum absolute atomic E-state index is 5.57. The van der Waals surface area contributed by atoms with Crippen molar-refractivity contribution in [3.05, 3.63) is 18.6 Å². The predicted octanol–water partition coefficient (Wildman–Crippen LogP) is 2.30. The molecule has 1 saturated heterocycles. The smallest absolute Gasteiger partial charge is 0.225 e. The lowest BCUT2D eigenvalue weighted by molar-refractivity contribution is 0.488. The lowest BCUT2D eigenvalue weighted by atomic mass is 10.1. The first-order valence-electron chi connectivity index (χ1n) is 6.27. The lowest BCUT2D eigenvalue weighted by Gasteiger charge is -2.26. The Hall–Kier alpha value is -1.89. The molecule has 0 saturated carbocycles. The quantitative estimate of drug-likeness (QED) is 0.927. The summed E-state index contributed by atoms with van der Waals surface area (Å²) in [6, 6.07) is 0. The van der Waals surface area contributed by atoms with E-state index in [1.807, 2.05) is 0 Å². The molecule has 0 aromatic carbocycles. The van der Waals surface area contributed by atoms with Crippen LogP contribution in [0.25, 0.3) is 0 Å². The first kappa shape index (κ1) is 12.2. The number of rotatable bonds is 3. The highest BCUT2D eigenvalue weighted by atomic mass is 32.1. The third kappa shape index (κ3) is 2.93. The topological polar surface area (TPSA) is 77.2 Å². The van der Waals surface area contributed by atoms with Crippen LogP contribution in [0.1, 0.15) is 19.3 Å². The number of hydrogen-bond donors (Lipinski definition) is 1. The van der Waals surface area contributed by atoms with Crippen molar-refractivity contribution < 1.29 is 4.74 Å². The summed E-state index contributed by atoms with van der Waals surface area (Å²) in [5.41, 5.74) is 5.54. The fourth-order valence-electron chi connectivity index (χ4n) is 2.05. The van der Waals surface area contributed by atoms with Gasteiger partial charge in [0.05, 0.1) is 18.6 Å². The molecule has 2 aromatic rings. The lowest BCUT2D eigenvalue weighted by Crippen LogP contribution is -2.30. The van der Waals surface area contributed by atoms with Crippen molar-refractivity contribution in [2.75, 3.05) is 23.7 Å². The fraction of sp³-hybridized carbons (Fsp3) is 0.417. The van der Waals surface area contributed by atoms with Gasteiger partial charge in [-0.2, -0.15) is 0 Å². The normalized spacial score (nSPS) is 15.5. The molecule has 3 rings (SSSR count). The monoisotopic (exact) mass is 277 g/mol.